The Bertz CT molecular complexity index is 1160. The summed E-state index contributed by atoms with van der Waals surface area (Å²) in [5, 5.41) is 4.06. The van der Waals surface area contributed by atoms with E-state index in [-0.39, 0.29) is 0 Å². The van der Waals surface area contributed by atoms with Crippen molar-refractivity contribution in [1.82, 2.24) is 10.1 Å². The first-order chi connectivity index (χ1) is 14.5. The molecule has 0 radical (unpaired) electrons. The van der Waals surface area contributed by atoms with E-state index in [0.29, 0.717) is 33.5 Å². The van der Waals surface area contributed by atoms with Crippen LogP contribution in [0.1, 0.15) is 5.56 Å². The van der Waals surface area contributed by atoms with Crippen LogP contribution in [0.5, 0.6) is 5.75 Å². The van der Waals surface area contributed by atoms with Crippen molar-refractivity contribution in [3.05, 3.63) is 78.4 Å². The van der Waals surface area contributed by atoms with Gasteiger partial charge in [0.2, 0.25) is 5.82 Å². The van der Waals surface area contributed by atoms with Gasteiger partial charge in [-0.15, -0.1) is 0 Å². The maximum atomic E-state index is 12.8. The Balaban J connectivity index is 1.64. The number of alkyl halides is 3. The monoisotopic (exact) mass is 428 g/mol. The SMILES string of the molecule is COc1ccccc1-c1noc(-c2ccccc2Sc2ccc(C(F)(F)F)cc2)n1. The highest BCUT2D eigenvalue weighted by Gasteiger charge is 2.30. The number of nitrogens with zero attached hydrogens (tertiary/aromatic N) is 2. The number of hydrogen-bond donors (Lipinski definition) is 0. The van der Waals surface area contributed by atoms with Crippen LogP contribution in [-0.4, -0.2) is 17.3 Å². The minimum Gasteiger partial charge on any atom is -0.496 e. The Labute approximate surface area is 174 Å². The molecule has 0 aliphatic heterocycles. The second-order valence-electron chi connectivity index (χ2n) is 6.24. The van der Waals surface area contributed by atoms with Gasteiger partial charge in [-0.25, -0.2) is 0 Å². The second kappa shape index (κ2) is 8.23. The summed E-state index contributed by atoms with van der Waals surface area (Å²) in [5.41, 5.74) is 0.706. The molecule has 0 aliphatic rings. The van der Waals surface area contributed by atoms with Crippen LogP contribution in [0.15, 0.2) is 87.1 Å². The Morgan fingerprint density at radius 1 is 0.867 bits per heavy atom. The standard InChI is InChI=1S/C22H15F3N2O2S/c1-28-18-8-4-2-6-16(18)20-26-21(29-27-20)17-7-3-5-9-19(17)30-15-12-10-14(11-13-15)22(23,24)25/h2-13H,1H3. The average Bonchev–Trinajstić information content (AvgIpc) is 3.24. The molecule has 0 spiro atoms. The van der Waals surface area contributed by atoms with Gasteiger partial charge in [0.15, 0.2) is 0 Å². The topological polar surface area (TPSA) is 48.2 Å². The number of benzene rings is 3. The number of methoxy groups -OCH3 is 1. The van der Waals surface area contributed by atoms with E-state index >= 15 is 0 Å². The molecule has 0 bridgehead atoms. The number of rotatable bonds is 5. The average molecular weight is 428 g/mol. The van der Waals surface area contributed by atoms with Gasteiger partial charge >= 0.3 is 6.18 Å². The van der Waals surface area contributed by atoms with Crippen molar-refractivity contribution in [2.45, 2.75) is 16.0 Å². The van der Waals surface area contributed by atoms with Crippen molar-refractivity contribution in [2.75, 3.05) is 7.11 Å². The van der Waals surface area contributed by atoms with E-state index < -0.39 is 11.7 Å². The van der Waals surface area contributed by atoms with Gasteiger partial charge in [0.25, 0.3) is 5.89 Å². The molecule has 0 aliphatic carbocycles. The van der Waals surface area contributed by atoms with Gasteiger partial charge in [-0.2, -0.15) is 18.2 Å². The highest BCUT2D eigenvalue weighted by molar-refractivity contribution is 7.99. The molecule has 1 heterocycles. The first-order valence-corrected chi connectivity index (χ1v) is 9.69. The van der Waals surface area contributed by atoms with Crippen LogP contribution < -0.4 is 4.74 Å². The van der Waals surface area contributed by atoms with E-state index in [1.165, 1.54) is 23.9 Å². The molecule has 0 atom stereocenters. The van der Waals surface area contributed by atoms with Crippen LogP contribution in [0, 0.1) is 0 Å². The lowest BCUT2D eigenvalue weighted by molar-refractivity contribution is -0.137. The van der Waals surface area contributed by atoms with Crippen LogP contribution in [0.3, 0.4) is 0 Å². The molecule has 0 unspecified atom stereocenters. The van der Waals surface area contributed by atoms with Gasteiger partial charge in [-0.05, 0) is 48.5 Å². The van der Waals surface area contributed by atoms with Crippen LogP contribution in [0.25, 0.3) is 22.8 Å². The molecule has 0 saturated carbocycles. The molecule has 4 rings (SSSR count). The van der Waals surface area contributed by atoms with Gasteiger partial charge in [0.05, 0.1) is 23.8 Å². The number of aromatic nitrogens is 2. The van der Waals surface area contributed by atoms with Gasteiger partial charge in [-0.1, -0.05) is 41.2 Å². The summed E-state index contributed by atoms with van der Waals surface area (Å²) in [6.07, 6.45) is -4.36. The van der Waals surface area contributed by atoms with Gasteiger partial charge in [0, 0.05) is 9.79 Å². The third-order valence-corrected chi connectivity index (χ3v) is 5.38. The highest BCUT2D eigenvalue weighted by Crippen LogP contribution is 2.38. The molecule has 1 aromatic heterocycles. The Morgan fingerprint density at radius 3 is 2.23 bits per heavy atom. The van der Waals surface area contributed by atoms with E-state index in [9.17, 15) is 13.2 Å². The molecule has 4 aromatic rings. The zero-order valence-corrected chi connectivity index (χ0v) is 16.5. The van der Waals surface area contributed by atoms with E-state index in [2.05, 4.69) is 10.1 Å². The number of ether oxygens (including phenoxy) is 1. The third kappa shape index (κ3) is 4.18. The molecule has 3 aromatic carbocycles. The lowest BCUT2D eigenvalue weighted by Gasteiger charge is -2.09. The van der Waals surface area contributed by atoms with Crippen molar-refractivity contribution < 1.29 is 22.4 Å². The lowest BCUT2D eigenvalue weighted by Crippen LogP contribution is -2.03. The zero-order chi connectivity index (χ0) is 21.1. The maximum absolute atomic E-state index is 12.8. The molecule has 30 heavy (non-hydrogen) atoms. The molecule has 0 N–H and O–H groups in total. The van der Waals surface area contributed by atoms with E-state index in [1.54, 1.807) is 13.2 Å². The Morgan fingerprint density at radius 2 is 1.53 bits per heavy atom. The first kappa shape index (κ1) is 20.0. The summed E-state index contributed by atoms with van der Waals surface area (Å²) in [4.78, 5) is 5.94. The van der Waals surface area contributed by atoms with E-state index in [1.807, 2.05) is 42.5 Å². The fourth-order valence-corrected chi connectivity index (χ4v) is 3.78. The first-order valence-electron chi connectivity index (χ1n) is 8.87. The minimum atomic E-state index is -4.36. The predicted molar refractivity (Wildman–Crippen MR) is 107 cm³/mol. The Hall–Kier alpha value is -3.26. The minimum absolute atomic E-state index is 0.311. The predicted octanol–water partition coefficient (Wildman–Crippen LogP) is 6.58. The largest absolute Gasteiger partial charge is 0.496 e. The fourth-order valence-electron chi connectivity index (χ4n) is 2.84. The number of para-hydroxylation sites is 1. The normalized spacial score (nSPS) is 11.5. The molecule has 0 amide bonds. The van der Waals surface area contributed by atoms with E-state index in [4.69, 9.17) is 9.26 Å². The van der Waals surface area contributed by atoms with Gasteiger partial charge in [0.1, 0.15) is 5.75 Å². The lowest BCUT2D eigenvalue weighted by atomic mass is 10.2. The van der Waals surface area contributed by atoms with Crippen LogP contribution in [-0.2, 0) is 6.18 Å². The van der Waals surface area contributed by atoms with Gasteiger partial charge < -0.3 is 9.26 Å². The molecule has 152 valence electrons. The smallest absolute Gasteiger partial charge is 0.416 e. The highest BCUT2D eigenvalue weighted by atomic mass is 32.2. The van der Waals surface area contributed by atoms with Crippen molar-refractivity contribution in [2.24, 2.45) is 0 Å². The van der Waals surface area contributed by atoms with Crippen molar-refractivity contribution in [1.29, 1.82) is 0 Å². The van der Waals surface area contributed by atoms with Crippen molar-refractivity contribution >= 4 is 11.8 Å². The van der Waals surface area contributed by atoms with Crippen LogP contribution >= 0.6 is 11.8 Å². The molecular formula is C22H15F3N2O2S. The summed E-state index contributed by atoms with van der Waals surface area (Å²) >= 11 is 1.32. The summed E-state index contributed by atoms with van der Waals surface area (Å²) in [6.45, 7) is 0. The van der Waals surface area contributed by atoms with Gasteiger partial charge in [-0.3, -0.25) is 0 Å². The quantitative estimate of drug-likeness (QED) is 0.359. The summed E-state index contributed by atoms with van der Waals surface area (Å²) in [5.74, 6) is 1.32. The zero-order valence-electron chi connectivity index (χ0n) is 15.7. The van der Waals surface area contributed by atoms with Crippen LogP contribution in [0.4, 0.5) is 13.2 Å². The second-order valence-corrected chi connectivity index (χ2v) is 7.36. The summed E-state index contributed by atoms with van der Waals surface area (Å²) in [6, 6.07) is 19.7. The summed E-state index contributed by atoms with van der Waals surface area (Å²) in [7, 11) is 1.57. The third-order valence-electron chi connectivity index (χ3n) is 4.30. The van der Waals surface area contributed by atoms with Crippen molar-refractivity contribution in [3.8, 4) is 28.6 Å². The molecule has 0 saturated heterocycles. The maximum Gasteiger partial charge on any atom is 0.416 e. The summed E-state index contributed by atoms with van der Waals surface area (Å²) < 4.78 is 49.2. The molecule has 0 fully saturated rings. The number of hydrogen-bond acceptors (Lipinski definition) is 5. The van der Waals surface area contributed by atoms with E-state index in [0.717, 1.165) is 17.0 Å². The molecule has 8 heteroatoms. The number of halogens is 3. The van der Waals surface area contributed by atoms with Crippen LogP contribution in [0.2, 0.25) is 0 Å². The van der Waals surface area contributed by atoms with Crippen molar-refractivity contribution in [3.63, 3.8) is 0 Å². The molecule has 4 nitrogen and oxygen atoms in total. The Kier molecular flexibility index (Phi) is 5.50. The molecular weight excluding hydrogens is 413 g/mol. The fraction of sp³-hybridized carbons (Fsp3) is 0.0909.